The summed E-state index contributed by atoms with van der Waals surface area (Å²) in [4.78, 5) is 1.58. The Bertz CT molecular complexity index is 1380. The van der Waals surface area contributed by atoms with Gasteiger partial charge in [-0.3, -0.25) is 0 Å². The summed E-state index contributed by atoms with van der Waals surface area (Å²) in [5.74, 6) is -4.83. The number of rotatable bonds is 4. The predicted molar refractivity (Wildman–Crippen MR) is 128 cm³/mol. The van der Waals surface area contributed by atoms with Gasteiger partial charge in [-0.05, 0) is 42.7 Å². The number of hydrogen-bond acceptors (Lipinski definition) is 7. The van der Waals surface area contributed by atoms with E-state index in [2.05, 4.69) is 10.2 Å². The molecule has 0 bridgehead atoms. The number of alkyl halides is 2. The molecule has 0 radical (unpaired) electrons. The van der Waals surface area contributed by atoms with Crippen molar-refractivity contribution in [1.29, 1.82) is 0 Å². The molecular formula is C24H24ClF3N4O3S. The maximum atomic E-state index is 15.2. The Hall–Kier alpha value is -2.63. The van der Waals surface area contributed by atoms with Gasteiger partial charge in [0.1, 0.15) is 5.82 Å². The Balaban J connectivity index is 1.54. The van der Waals surface area contributed by atoms with E-state index >= 15 is 4.39 Å². The first-order chi connectivity index (χ1) is 17.0. The minimum absolute atomic E-state index is 0.0198. The van der Waals surface area contributed by atoms with Crippen molar-refractivity contribution in [3.05, 3.63) is 58.7 Å². The zero-order chi connectivity index (χ0) is 25.7. The fourth-order valence-electron chi connectivity index (χ4n) is 4.86. The van der Waals surface area contributed by atoms with Crippen LogP contribution in [0.1, 0.15) is 43.1 Å². The van der Waals surface area contributed by atoms with Crippen LogP contribution >= 0.6 is 11.6 Å². The van der Waals surface area contributed by atoms with E-state index in [1.54, 1.807) is 17.0 Å². The van der Waals surface area contributed by atoms with E-state index in [1.807, 2.05) is 12.1 Å². The topological polar surface area (TPSA) is 102 Å². The van der Waals surface area contributed by atoms with Gasteiger partial charge in [0.25, 0.3) is 5.89 Å². The number of benzene rings is 2. The van der Waals surface area contributed by atoms with Crippen LogP contribution in [0.25, 0.3) is 11.5 Å². The molecule has 0 amide bonds. The largest absolute Gasteiger partial charge is 0.420 e. The zero-order valence-electron chi connectivity index (χ0n) is 19.1. The Kier molecular flexibility index (Phi) is 6.50. The van der Waals surface area contributed by atoms with Gasteiger partial charge in [-0.15, -0.1) is 10.2 Å². The number of fused-ring (bicyclic) bond motifs is 1. The lowest BCUT2D eigenvalue weighted by Crippen LogP contribution is -2.39. The van der Waals surface area contributed by atoms with E-state index in [4.69, 9.17) is 21.8 Å². The van der Waals surface area contributed by atoms with Crippen molar-refractivity contribution >= 4 is 27.1 Å². The van der Waals surface area contributed by atoms with E-state index in [0.29, 0.717) is 24.4 Å². The minimum Gasteiger partial charge on any atom is -0.420 e. The van der Waals surface area contributed by atoms with Crippen molar-refractivity contribution in [3.8, 4) is 11.5 Å². The third-order valence-corrected chi connectivity index (χ3v) is 8.68. The van der Waals surface area contributed by atoms with Gasteiger partial charge in [-0.1, -0.05) is 23.7 Å². The number of sulfone groups is 1. The molecule has 2 aliphatic rings. The van der Waals surface area contributed by atoms with Gasteiger partial charge in [0.15, 0.2) is 9.84 Å². The first-order valence-corrected chi connectivity index (χ1v) is 13.6. The normalized spacial score (nSPS) is 23.2. The number of hydrogen-bond donors (Lipinski definition) is 1. The van der Waals surface area contributed by atoms with Crippen LogP contribution in [-0.2, 0) is 16.4 Å². The van der Waals surface area contributed by atoms with Gasteiger partial charge in [-0.25, -0.2) is 21.6 Å². The highest BCUT2D eigenvalue weighted by Gasteiger charge is 2.39. The van der Waals surface area contributed by atoms with Gasteiger partial charge >= 0.3 is 0 Å². The summed E-state index contributed by atoms with van der Waals surface area (Å²) in [6, 6.07) is 8.63. The molecule has 1 aliphatic heterocycles. The molecule has 36 heavy (non-hydrogen) atoms. The summed E-state index contributed by atoms with van der Waals surface area (Å²) in [6.45, 7) is 0.497. The third kappa shape index (κ3) is 5.09. The zero-order valence-corrected chi connectivity index (χ0v) is 20.7. The lowest BCUT2D eigenvalue weighted by molar-refractivity contribution is -0.0435. The standard InChI is InChI=1S/C24H24ClF3N4O3S/c25-16-5-3-14(4-6-16)11-32-12-17(29)13-36(33,34)21-9-19(26)18(8-20(21)32)23-31-30-22(35-23)15-2-1-7-24(27,28)10-15/h3-6,8-9,15,17H,1-2,7,10-13,29H2/t15?,17-/m1/s1. The molecule has 1 aliphatic carbocycles. The smallest absolute Gasteiger partial charge is 0.250 e. The van der Waals surface area contributed by atoms with Crippen LogP contribution in [0.15, 0.2) is 45.7 Å². The van der Waals surface area contributed by atoms with Crippen molar-refractivity contribution in [2.45, 2.75) is 55.0 Å². The molecule has 2 N–H and O–H groups in total. The molecule has 2 aromatic carbocycles. The quantitative estimate of drug-likeness (QED) is 0.500. The van der Waals surface area contributed by atoms with Gasteiger partial charge in [0, 0.05) is 42.9 Å². The van der Waals surface area contributed by atoms with E-state index in [0.717, 1.165) is 11.6 Å². The van der Waals surface area contributed by atoms with E-state index in [9.17, 15) is 17.2 Å². The number of aromatic nitrogens is 2. The lowest BCUT2D eigenvalue weighted by Gasteiger charge is -2.26. The average Bonchev–Trinajstić information content (AvgIpc) is 3.26. The molecule has 7 nitrogen and oxygen atoms in total. The van der Waals surface area contributed by atoms with Gasteiger partial charge in [0.05, 0.1) is 21.9 Å². The van der Waals surface area contributed by atoms with Gasteiger partial charge in [0.2, 0.25) is 11.8 Å². The highest BCUT2D eigenvalue weighted by atomic mass is 35.5. The van der Waals surface area contributed by atoms with Crippen LogP contribution < -0.4 is 10.6 Å². The number of nitrogens with zero attached hydrogens (tertiary/aromatic N) is 3. The first-order valence-electron chi connectivity index (χ1n) is 11.5. The average molecular weight is 541 g/mol. The summed E-state index contributed by atoms with van der Waals surface area (Å²) in [6.07, 6.45) is 0.186. The second-order valence-corrected chi connectivity index (χ2v) is 11.9. The summed E-state index contributed by atoms with van der Waals surface area (Å²) in [7, 11) is -3.88. The molecule has 1 saturated carbocycles. The molecular weight excluding hydrogens is 517 g/mol. The summed E-state index contributed by atoms with van der Waals surface area (Å²) in [5.41, 5.74) is 7.10. The molecule has 1 unspecified atom stereocenters. The van der Waals surface area contributed by atoms with Crippen LogP contribution in [0, 0.1) is 5.82 Å². The monoisotopic (exact) mass is 540 g/mol. The Morgan fingerprint density at radius 1 is 1.19 bits per heavy atom. The summed E-state index contributed by atoms with van der Waals surface area (Å²) >= 11 is 5.98. The molecule has 192 valence electrons. The Morgan fingerprint density at radius 2 is 1.94 bits per heavy atom. The number of nitrogens with two attached hydrogens (primary N) is 1. The molecule has 3 aromatic rings. The summed E-state index contributed by atoms with van der Waals surface area (Å²) < 4.78 is 74.6. The molecule has 12 heteroatoms. The predicted octanol–water partition coefficient (Wildman–Crippen LogP) is 4.94. The maximum Gasteiger partial charge on any atom is 0.250 e. The van der Waals surface area contributed by atoms with Gasteiger partial charge < -0.3 is 15.1 Å². The fourth-order valence-corrected chi connectivity index (χ4v) is 6.62. The molecule has 0 spiro atoms. The number of halogens is 4. The van der Waals surface area contributed by atoms with Crippen molar-refractivity contribution < 1.29 is 26.0 Å². The molecule has 0 saturated heterocycles. The molecule has 1 aromatic heterocycles. The Morgan fingerprint density at radius 3 is 2.67 bits per heavy atom. The summed E-state index contributed by atoms with van der Waals surface area (Å²) in [5, 5.41) is 8.37. The van der Waals surface area contributed by atoms with Crippen LogP contribution in [-0.4, -0.2) is 42.9 Å². The van der Waals surface area contributed by atoms with Crippen LogP contribution in [0.5, 0.6) is 0 Å². The highest BCUT2D eigenvalue weighted by molar-refractivity contribution is 7.91. The van der Waals surface area contributed by atoms with Crippen LogP contribution in [0.3, 0.4) is 0 Å². The van der Waals surface area contributed by atoms with E-state index < -0.39 is 40.0 Å². The number of anilines is 1. The SMILES string of the molecule is N[C@@H]1CN(Cc2ccc(Cl)cc2)c2cc(-c3nnc(C4CCCC(F)(F)C4)o3)c(F)cc2S(=O)(=O)C1. The van der Waals surface area contributed by atoms with E-state index in [-0.39, 0.29) is 46.6 Å². The van der Waals surface area contributed by atoms with Crippen LogP contribution in [0.2, 0.25) is 5.02 Å². The third-order valence-electron chi connectivity index (χ3n) is 6.56. The van der Waals surface area contributed by atoms with Crippen LogP contribution in [0.4, 0.5) is 18.9 Å². The highest BCUT2D eigenvalue weighted by Crippen LogP contribution is 2.42. The molecule has 1 fully saturated rings. The van der Waals surface area contributed by atoms with Crippen molar-refractivity contribution in [2.75, 3.05) is 17.2 Å². The maximum absolute atomic E-state index is 15.2. The van der Waals surface area contributed by atoms with Crippen molar-refractivity contribution in [1.82, 2.24) is 10.2 Å². The second kappa shape index (κ2) is 9.35. The fraction of sp³-hybridized carbons (Fsp3) is 0.417. The molecule has 2 atom stereocenters. The first kappa shape index (κ1) is 25.0. The van der Waals surface area contributed by atoms with E-state index in [1.165, 1.54) is 6.07 Å². The second-order valence-electron chi connectivity index (χ2n) is 9.44. The molecule has 2 heterocycles. The minimum atomic E-state index is -3.88. The Labute approximate surface area is 211 Å². The van der Waals surface area contributed by atoms with Crippen molar-refractivity contribution in [3.63, 3.8) is 0 Å². The van der Waals surface area contributed by atoms with Crippen molar-refractivity contribution in [2.24, 2.45) is 5.73 Å². The van der Waals surface area contributed by atoms with Gasteiger partial charge in [-0.2, -0.15) is 0 Å². The molecule has 5 rings (SSSR count). The lowest BCUT2D eigenvalue weighted by atomic mass is 9.86.